The van der Waals surface area contributed by atoms with E-state index >= 15 is 0 Å². The van der Waals surface area contributed by atoms with Crippen LogP contribution < -0.4 is 5.32 Å². The third-order valence-electron chi connectivity index (χ3n) is 3.48. The molecule has 1 aliphatic carbocycles. The van der Waals surface area contributed by atoms with Crippen LogP contribution in [0, 0.1) is 11.3 Å². The van der Waals surface area contributed by atoms with E-state index in [2.05, 4.69) is 27.3 Å². The van der Waals surface area contributed by atoms with Gasteiger partial charge < -0.3 is 9.73 Å². The van der Waals surface area contributed by atoms with Crippen LogP contribution in [-0.4, -0.2) is 0 Å². The fourth-order valence-electron chi connectivity index (χ4n) is 2.53. The molecule has 1 aliphatic rings. The van der Waals surface area contributed by atoms with Crippen molar-refractivity contribution in [2.75, 3.05) is 5.32 Å². The highest BCUT2D eigenvalue weighted by atomic mass is 79.9. The van der Waals surface area contributed by atoms with Gasteiger partial charge in [0.1, 0.15) is 5.76 Å². The van der Waals surface area contributed by atoms with Gasteiger partial charge in [-0.25, -0.2) is 0 Å². The minimum Gasteiger partial charge on any atom is -0.469 e. The molecule has 1 N–H and O–H groups in total. The average molecular weight is 317 g/mol. The molecule has 1 atom stereocenters. The van der Waals surface area contributed by atoms with Gasteiger partial charge in [-0.1, -0.05) is 0 Å². The summed E-state index contributed by atoms with van der Waals surface area (Å²) in [5, 5.41) is 12.4. The molecule has 0 bridgehead atoms. The molecule has 1 heterocycles. The largest absolute Gasteiger partial charge is 0.469 e. The Morgan fingerprint density at radius 3 is 3.05 bits per heavy atom. The third kappa shape index (κ3) is 2.39. The molecule has 0 fully saturated rings. The fourth-order valence-corrected chi connectivity index (χ4v) is 3.02. The molecule has 96 valence electrons. The van der Waals surface area contributed by atoms with Crippen molar-refractivity contribution in [1.82, 2.24) is 0 Å². The quantitative estimate of drug-likeness (QED) is 0.893. The van der Waals surface area contributed by atoms with Gasteiger partial charge in [0.15, 0.2) is 0 Å². The van der Waals surface area contributed by atoms with Gasteiger partial charge in [0.2, 0.25) is 0 Å². The summed E-state index contributed by atoms with van der Waals surface area (Å²) in [6.07, 6.45) is 5.01. The van der Waals surface area contributed by atoms with Crippen LogP contribution in [0.1, 0.15) is 35.8 Å². The maximum Gasteiger partial charge on any atom is 0.109 e. The molecule has 1 aromatic carbocycles. The van der Waals surface area contributed by atoms with Crippen molar-refractivity contribution in [2.24, 2.45) is 0 Å². The molecule has 0 aliphatic heterocycles. The topological polar surface area (TPSA) is 49.0 Å². The molecule has 0 saturated carbocycles. The second kappa shape index (κ2) is 5.10. The van der Waals surface area contributed by atoms with Crippen molar-refractivity contribution in [2.45, 2.75) is 25.3 Å². The fraction of sp³-hybridized carbons (Fsp3) is 0.267. The van der Waals surface area contributed by atoms with E-state index in [1.807, 2.05) is 24.3 Å². The van der Waals surface area contributed by atoms with Crippen molar-refractivity contribution in [3.63, 3.8) is 0 Å². The Hall–Kier alpha value is -1.73. The summed E-state index contributed by atoms with van der Waals surface area (Å²) in [7, 11) is 0. The Balaban J connectivity index is 1.86. The van der Waals surface area contributed by atoms with Gasteiger partial charge in [-0.05, 0) is 53.0 Å². The number of hydrogen-bond donors (Lipinski definition) is 1. The molecular weight excluding hydrogens is 304 g/mol. The standard InChI is InChI=1S/C15H13BrN2O/c16-12-8-10(9-17)4-5-14(12)18-13-2-1-3-15-11(13)6-7-19-15/h4-8,13,18H,1-3H2. The van der Waals surface area contributed by atoms with E-state index < -0.39 is 0 Å². The first kappa shape index (κ1) is 12.3. The zero-order chi connectivity index (χ0) is 13.2. The highest BCUT2D eigenvalue weighted by molar-refractivity contribution is 9.10. The highest BCUT2D eigenvalue weighted by Crippen LogP contribution is 2.35. The molecule has 4 heteroatoms. The van der Waals surface area contributed by atoms with Crippen LogP contribution in [0.5, 0.6) is 0 Å². The first-order valence-corrected chi connectivity index (χ1v) is 7.09. The molecule has 1 unspecified atom stereocenters. The summed E-state index contributed by atoms with van der Waals surface area (Å²) in [6, 6.07) is 10.1. The normalized spacial score (nSPS) is 17.6. The Labute approximate surface area is 120 Å². The third-order valence-corrected chi connectivity index (χ3v) is 4.14. The van der Waals surface area contributed by atoms with E-state index in [9.17, 15) is 0 Å². The van der Waals surface area contributed by atoms with E-state index in [0.717, 1.165) is 35.2 Å². The van der Waals surface area contributed by atoms with Crippen LogP contribution in [-0.2, 0) is 6.42 Å². The number of fused-ring (bicyclic) bond motifs is 1. The number of benzene rings is 1. The van der Waals surface area contributed by atoms with Crippen LogP contribution in [0.2, 0.25) is 0 Å². The molecule has 0 radical (unpaired) electrons. The van der Waals surface area contributed by atoms with Crippen molar-refractivity contribution in [3.05, 3.63) is 51.9 Å². The van der Waals surface area contributed by atoms with Crippen molar-refractivity contribution < 1.29 is 4.42 Å². The summed E-state index contributed by atoms with van der Waals surface area (Å²) in [5.41, 5.74) is 2.92. The summed E-state index contributed by atoms with van der Waals surface area (Å²) in [4.78, 5) is 0. The predicted molar refractivity (Wildman–Crippen MR) is 76.9 cm³/mol. The lowest BCUT2D eigenvalue weighted by Gasteiger charge is -2.24. The first-order chi connectivity index (χ1) is 9.28. The smallest absolute Gasteiger partial charge is 0.109 e. The zero-order valence-electron chi connectivity index (χ0n) is 10.3. The summed E-state index contributed by atoms with van der Waals surface area (Å²) in [5.74, 6) is 1.09. The molecule has 0 amide bonds. The summed E-state index contributed by atoms with van der Waals surface area (Å²) >= 11 is 3.51. The summed E-state index contributed by atoms with van der Waals surface area (Å²) in [6.45, 7) is 0. The number of halogens is 1. The SMILES string of the molecule is N#Cc1ccc(NC2CCCc3occc32)c(Br)c1. The number of anilines is 1. The van der Waals surface area contributed by atoms with E-state index in [-0.39, 0.29) is 6.04 Å². The number of rotatable bonds is 2. The van der Waals surface area contributed by atoms with E-state index in [1.165, 1.54) is 5.56 Å². The predicted octanol–water partition coefficient (Wildman–Crippen LogP) is 4.40. The highest BCUT2D eigenvalue weighted by Gasteiger charge is 2.22. The van der Waals surface area contributed by atoms with Gasteiger partial charge in [0.05, 0.1) is 23.9 Å². The van der Waals surface area contributed by atoms with Gasteiger partial charge in [0.25, 0.3) is 0 Å². The number of aryl methyl sites for hydroxylation is 1. The maximum absolute atomic E-state index is 8.87. The molecule has 3 nitrogen and oxygen atoms in total. The molecule has 0 spiro atoms. The summed E-state index contributed by atoms with van der Waals surface area (Å²) < 4.78 is 6.41. The van der Waals surface area contributed by atoms with E-state index in [0.29, 0.717) is 5.56 Å². The number of nitrogens with zero attached hydrogens (tertiary/aromatic N) is 1. The lowest BCUT2D eigenvalue weighted by molar-refractivity contribution is 0.461. The average Bonchev–Trinajstić information content (AvgIpc) is 2.90. The molecule has 2 aromatic rings. The van der Waals surface area contributed by atoms with Gasteiger partial charge in [-0.15, -0.1) is 0 Å². The number of nitrogens with one attached hydrogen (secondary N) is 1. The van der Waals surface area contributed by atoms with Gasteiger partial charge in [-0.3, -0.25) is 0 Å². The molecule has 0 saturated heterocycles. The van der Waals surface area contributed by atoms with E-state index in [4.69, 9.17) is 9.68 Å². The Morgan fingerprint density at radius 2 is 2.26 bits per heavy atom. The second-order valence-electron chi connectivity index (χ2n) is 4.69. The van der Waals surface area contributed by atoms with Crippen molar-refractivity contribution >= 4 is 21.6 Å². The first-order valence-electron chi connectivity index (χ1n) is 6.30. The van der Waals surface area contributed by atoms with Crippen molar-refractivity contribution in [3.8, 4) is 6.07 Å². The van der Waals surface area contributed by atoms with Crippen molar-refractivity contribution in [1.29, 1.82) is 5.26 Å². The maximum atomic E-state index is 8.87. The van der Waals surface area contributed by atoms with Gasteiger partial charge in [-0.2, -0.15) is 5.26 Å². The second-order valence-corrected chi connectivity index (χ2v) is 5.55. The minimum absolute atomic E-state index is 0.284. The van der Waals surface area contributed by atoms with Gasteiger partial charge in [0, 0.05) is 22.1 Å². The van der Waals surface area contributed by atoms with Crippen LogP contribution in [0.25, 0.3) is 0 Å². The minimum atomic E-state index is 0.284. The Kier molecular flexibility index (Phi) is 3.31. The Morgan fingerprint density at radius 1 is 1.37 bits per heavy atom. The van der Waals surface area contributed by atoms with E-state index in [1.54, 1.807) is 6.26 Å². The van der Waals surface area contributed by atoms with Crippen LogP contribution in [0.4, 0.5) is 5.69 Å². The molecule has 3 rings (SSSR count). The lowest BCUT2D eigenvalue weighted by Crippen LogP contribution is -2.16. The Bertz CT molecular complexity index is 642. The van der Waals surface area contributed by atoms with Crippen LogP contribution >= 0.6 is 15.9 Å². The van der Waals surface area contributed by atoms with Crippen LogP contribution in [0.15, 0.2) is 39.4 Å². The molecular formula is C15H13BrN2O. The van der Waals surface area contributed by atoms with Crippen LogP contribution in [0.3, 0.4) is 0 Å². The zero-order valence-corrected chi connectivity index (χ0v) is 11.9. The number of nitriles is 1. The number of hydrogen-bond acceptors (Lipinski definition) is 3. The monoisotopic (exact) mass is 316 g/mol. The molecule has 19 heavy (non-hydrogen) atoms. The lowest BCUT2D eigenvalue weighted by atomic mass is 9.93. The molecule has 1 aromatic heterocycles. The number of furan rings is 1. The van der Waals surface area contributed by atoms with Gasteiger partial charge >= 0.3 is 0 Å².